The summed E-state index contributed by atoms with van der Waals surface area (Å²) in [6.45, 7) is 7.89. The minimum absolute atomic E-state index is 0.411. The third-order valence-corrected chi connectivity index (χ3v) is 2.34. The van der Waals surface area contributed by atoms with E-state index >= 15 is 0 Å². The van der Waals surface area contributed by atoms with Crippen molar-refractivity contribution in [2.24, 2.45) is 0 Å². The van der Waals surface area contributed by atoms with Gasteiger partial charge in [-0.3, -0.25) is 0 Å². The lowest BCUT2D eigenvalue weighted by Crippen LogP contribution is -2.24. The topological polar surface area (TPSA) is 50.3 Å². The Kier molecular flexibility index (Phi) is 5.42. The molecule has 0 radical (unpaired) electrons. The van der Waals surface area contributed by atoms with Crippen molar-refractivity contribution in [3.8, 4) is 0 Å². The second-order valence-electron chi connectivity index (χ2n) is 3.54. The zero-order chi connectivity index (χ0) is 12.7. The summed E-state index contributed by atoms with van der Waals surface area (Å²) < 4.78 is 5.06. The molecule has 94 valence electrons. The number of nitrogens with zero attached hydrogens (tertiary/aromatic N) is 3. The quantitative estimate of drug-likeness (QED) is 0.730. The monoisotopic (exact) mass is 236 g/mol. The first-order valence-electron chi connectivity index (χ1n) is 5.65. The molecule has 5 nitrogen and oxygen atoms in total. The molecular weight excluding hydrogens is 216 g/mol. The summed E-state index contributed by atoms with van der Waals surface area (Å²) in [6, 6.07) is 1.92. The summed E-state index contributed by atoms with van der Waals surface area (Å²) in [5.41, 5.74) is 0. The van der Waals surface area contributed by atoms with Gasteiger partial charge >= 0.3 is 0 Å². The molecule has 1 heterocycles. The predicted octanol–water partition coefficient (Wildman–Crippen LogP) is 1.68. The third-order valence-electron chi connectivity index (χ3n) is 2.34. The maximum atomic E-state index is 5.06. The highest BCUT2D eigenvalue weighted by molar-refractivity contribution is 5.49. The lowest BCUT2D eigenvalue weighted by atomic mass is 10.4. The molecular formula is C12H20N4O. The van der Waals surface area contributed by atoms with Gasteiger partial charge in [0.1, 0.15) is 18.2 Å². The molecule has 0 atom stereocenters. The minimum Gasteiger partial charge on any atom is -0.377 e. The molecule has 0 aliphatic heterocycles. The van der Waals surface area contributed by atoms with Crippen LogP contribution in [-0.4, -0.2) is 37.2 Å². The number of anilines is 2. The van der Waals surface area contributed by atoms with Crippen molar-refractivity contribution in [2.75, 3.05) is 37.5 Å². The van der Waals surface area contributed by atoms with Gasteiger partial charge in [-0.25, -0.2) is 9.97 Å². The second-order valence-corrected chi connectivity index (χ2v) is 3.54. The van der Waals surface area contributed by atoms with E-state index in [9.17, 15) is 0 Å². The predicted molar refractivity (Wildman–Crippen MR) is 70.4 cm³/mol. The maximum Gasteiger partial charge on any atom is 0.158 e. The molecule has 0 bridgehead atoms. The lowest BCUT2D eigenvalue weighted by Gasteiger charge is -2.21. The van der Waals surface area contributed by atoms with Crippen LogP contribution in [-0.2, 0) is 11.3 Å². The average Bonchev–Trinajstić information content (AvgIpc) is 2.35. The highest BCUT2D eigenvalue weighted by atomic mass is 16.5. The van der Waals surface area contributed by atoms with E-state index in [0.717, 1.165) is 24.7 Å². The number of likely N-dealkylation sites (N-methyl/N-ethyl adjacent to an activating group) is 1. The molecule has 5 heteroatoms. The number of hydrogen-bond donors (Lipinski definition) is 1. The Balaban J connectivity index is 3.03. The van der Waals surface area contributed by atoms with Gasteiger partial charge in [-0.2, -0.15) is 0 Å². The Morgan fingerprint density at radius 1 is 1.53 bits per heavy atom. The van der Waals surface area contributed by atoms with Crippen molar-refractivity contribution in [3.63, 3.8) is 0 Å². The van der Waals surface area contributed by atoms with Crippen molar-refractivity contribution >= 4 is 11.6 Å². The van der Waals surface area contributed by atoms with Gasteiger partial charge in [0.2, 0.25) is 0 Å². The van der Waals surface area contributed by atoms with Crippen molar-refractivity contribution in [2.45, 2.75) is 13.5 Å². The lowest BCUT2D eigenvalue weighted by molar-refractivity contribution is 0.178. The van der Waals surface area contributed by atoms with Gasteiger partial charge in [-0.15, -0.1) is 6.58 Å². The van der Waals surface area contributed by atoms with Crippen LogP contribution in [0.15, 0.2) is 18.7 Å². The Bertz CT molecular complexity index is 368. The van der Waals surface area contributed by atoms with Crippen LogP contribution in [0, 0.1) is 0 Å². The van der Waals surface area contributed by atoms with E-state index in [1.807, 2.05) is 19.2 Å². The summed E-state index contributed by atoms with van der Waals surface area (Å²) in [5, 5.41) is 3.03. The molecule has 1 aromatic rings. The van der Waals surface area contributed by atoms with Crippen LogP contribution in [0.3, 0.4) is 0 Å². The Labute approximate surface area is 103 Å². The Morgan fingerprint density at radius 3 is 2.82 bits per heavy atom. The fourth-order valence-corrected chi connectivity index (χ4v) is 1.51. The maximum absolute atomic E-state index is 5.06. The first-order valence-corrected chi connectivity index (χ1v) is 5.65. The van der Waals surface area contributed by atoms with Crippen molar-refractivity contribution < 1.29 is 4.74 Å². The highest BCUT2D eigenvalue weighted by Crippen LogP contribution is 2.16. The molecule has 0 saturated carbocycles. The van der Waals surface area contributed by atoms with Crippen LogP contribution in [0.2, 0.25) is 0 Å². The van der Waals surface area contributed by atoms with Crippen LogP contribution >= 0.6 is 0 Å². The van der Waals surface area contributed by atoms with Crippen LogP contribution in [0.25, 0.3) is 0 Å². The SMILES string of the molecule is C=CCN(CC)c1cc(NC)nc(COC)n1. The minimum atomic E-state index is 0.411. The van der Waals surface area contributed by atoms with E-state index in [1.165, 1.54) is 0 Å². The molecule has 0 fully saturated rings. The number of ether oxygens (including phenoxy) is 1. The summed E-state index contributed by atoms with van der Waals surface area (Å²) in [6.07, 6.45) is 1.86. The van der Waals surface area contributed by atoms with E-state index in [4.69, 9.17) is 4.74 Å². The number of methoxy groups -OCH3 is 1. The van der Waals surface area contributed by atoms with Crippen molar-refractivity contribution in [1.82, 2.24) is 9.97 Å². The van der Waals surface area contributed by atoms with E-state index in [-0.39, 0.29) is 0 Å². The molecule has 0 aliphatic rings. The van der Waals surface area contributed by atoms with Crippen LogP contribution < -0.4 is 10.2 Å². The summed E-state index contributed by atoms with van der Waals surface area (Å²) >= 11 is 0. The Morgan fingerprint density at radius 2 is 2.29 bits per heavy atom. The van der Waals surface area contributed by atoms with Gasteiger partial charge in [-0.1, -0.05) is 6.08 Å². The van der Waals surface area contributed by atoms with Gasteiger partial charge in [0.15, 0.2) is 5.82 Å². The number of rotatable bonds is 7. The molecule has 0 spiro atoms. The smallest absolute Gasteiger partial charge is 0.158 e. The van der Waals surface area contributed by atoms with Gasteiger partial charge in [0.05, 0.1) is 0 Å². The normalized spacial score (nSPS) is 10.1. The van der Waals surface area contributed by atoms with E-state index in [1.54, 1.807) is 7.11 Å². The molecule has 0 unspecified atom stereocenters. The second kappa shape index (κ2) is 6.85. The van der Waals surface area contributed by atoms with Crippen molar-refractivity contribution in [1.29, 1.82) is 0 Å². The van der Waals surface area contributed by atoms with Crippen LogP contribution in [0.5, 0.6) is 0 Å². The summed E-state index contributed by atoms with van der Waals surface area (Å²) in [5.74, 6) is 2.36. The van der Waals surface area contributed by atoms with Gasteiger partial charge in [-0.05, 0) is 6.92 Å². The largest absolute Gasteiger partial charge is 0.377 e. The zero-order valence-corrected chi connectivity index (χ0v) is 10.7. The average molecular weight is 236 g/mol. The van der Waals surface area contributed by atoms with E-state index in [2.05, 4.69) is 33.7 Å². The first kappa shape index (κ1) is 13.4. The zero-order valence-electron chi connectivity index (χ0n) is 10.7. The molecule has 0 amide bonds. The van der Waals surface area contributed by atoms with Crippen LogP contribution in [0.4, 0.5) is 11.6 Å². The van der Waals surface area contributed by atoms with Crippen LogP contribution in [0.1, 0.15) is 12.7 Å². The number of hydrogen-bond acceptors (Lipinski definition) is 5. The van der Waals surface area contributed by atoms with E-state index < -0.39 is 0 Å². The molecule has 17 heavy (non-hydrogen) atoms. The van der Waals surface area contributed by atoms with Gasteiger partial charge in [0.25, 0.3) is 0 Å². The highest BCUT2D eigenvalue weighted by Gasteiger charge is 2.08. The first-order chi connectivity index (χ1) is 8.24. The summed E-state index contributed by atoms with van der Waals surface area (Å²) in [4.78, 5) is 10.9. The fraction of sp³-hybridized carbons (Fsp3) is 0.500. The van der Waals surface area contributed by atoms with Crippen molar-refractivity contribution in [3.05, 3.63) is 24.5 Å². The standard InChI is InChI=1S/C12H20N4O/c1-5-7-16(6-2)12-8-10(13-3)14-11(15-12)9-17-4/h5,8H,1,6-7,9H2,2-4H3,(H,13,14,15). The van der Waals surface area contributed by atoms with E-state index in [0.29, 0.717) is 12.4 Å². The molecule has 0 aromatic carbocycles. The molecule has 1 aromatic heterocycles. The fourth-order valence-electron chi connectivity index (χ4n) is 1.51. The molecule has 0 aliphatic carbocycles. The molecule has 1 N–H and O–H groups in total. The number of aromatic nitrogens is 2. The molecule has 0 saturated heterocycles. The van der Waals surface area contributed by atoms with Gasteiger partial charge in [0, 0.05) is 33.3 Å². The third kappa shape index (κ3) is 3.71. The van der Waals surface area contributed by atoms with Gasteiger partial charge < -0.3 is 15.0 Å². The Hall–Kier alpha value is -1.62. The summed E-state index contributed by atoms with van der Waals surface area (Å²) in [7, 11) is 3.48. The molecule has 1 rings (SSSR count). The number of nitrogens with one attached hydrogen (secondary N) is 1.